The fourth-order valence-electron chi connectivity index (χ4n) is 1.53. The fourth-order valence-corrected chi connectivity index (χ4v) is 1.87. The zero-order chi connectivity index (χ0) is 14.7. The molecule has 0 saturated heterocycles. The SMILES string of the molecule is Cc1nc(CNC(=O)Nc2cc(Cl)ccc2Cl)oc1C. The van der Waals surface area contributed by atoms with Gasteiger partial charge in [0.2, 0.25) is 5.89 Å². The number of benzene rings is 1. The van der Waals surface area contributed by atoms with Crippen molar-refractivity contribution in [1.82, 2.24) is 10.3 Å². The Balaban J connectivity index is 1.94. The van der Waals surface area contributed by atoms with Crippen LogP contribution < -0.4 is 10.6 Å². The van der Waals surface area contributed by atoms with Gasteiger partial charge in [-0.05, 0) is 32.0 Å². The van der Waals surface area contributed by atoms with Crippen molar-refractivity contribution in [3.05, 3.63) is 45.6 Å². The standard InChI is InChI=1S/C13H13Cl2N3O2/c1-7-8(2)20-12(17-7)6-16-13(19)18-11-5-9(14)3-4-10(11)15/h3-5H,6H2,1-2H3,(H2,16,18,19). The molecule has 1 heterocycles. The number of carbonyl (C=O) groups is 1. The summed E-state index contributed by atoms with van der Waals surface area (Å²) >= 11 is 11.8. The Labute approximate surface area is 126 Å². The van der Waals surface area contributed by atoms with Crippen LogP contribution in [0.5, 0.6) is 0 Å². The lowest BCUT2D eigenvalue weighted by atomic mass is 10.3. The van der Waals surface area contributed by atoms with Crippen LogP contribution in [-0.2, 0) is 6.54 Å². The highest BCUT2D eigenvalue weighted by Crippen LogP contribution is 2.25. The number of rotatable bonds is 3. The highest BCUT2D eigenvalue weighted by Gasteiger charge is 2.09. The van der Waals surface area contributed by atoms with E-state index in [1.54, 1.807) is 18.2 Å². The van der Waals surface area contributed by atoms with E-state index in [9.17, 15) is 4.79 Å². The highest BCUT2D eigenvalue weighted by atomic mass is 35.5. The van der Waals surface area contributed by atoms with Gasteiger partial charge in [-0.1, -0.05) is 23.2 Å². The molecule has 0 bridgehead atoms. The first-order valence-electron chi connectivity index (χ1n) is 5.88. The van der Waals surface area contributed by atoms with E-state index in [1.807, 2.05) is 13.8 Å². The van der Waals surface area contributed by atoms with Crippen molar-refractivity contribution in [3.63, 3.8) is 0 Å². The number of halogens is 2. The number of aromatic nitrogens is 1. The molecule has 0 aliphatic rings. The lowest BCUT2D eigenvalue weighted by Crippen LogP contribution is -2.28. The summed E-state index contributed by atoms with van der Waals surface area (Å²) in [7, 11) is 0. The van der Waals surface area contributed by atoms with Crippen molar-refractivity contribution in [1.29, 1.82) is 0 Å². The molecule has 0 aliphatic carbocycles. The molecular weight excluding hydrogens is 301 g/mol. The number of oxazole rings is 1. The van der Waals surface area contributed by atoms with Crippen LogP contribution in [0.2, 0.25) is 10.0 Å². The van der Waals surface area contributed by atoms with Gasteiger partial charge in [-0.15, -0.1) is 0 Å². The van der Waals surface area contributed by atoms with Crippen LogP contribution in [0.4, 0.5) is 10.5 Å². The van der Waals surface area contributed by atoms with E-state index in [1.165, 1.54) is 0 Å². The molecule has 1 aromatic carbocycles. The van der Waals surface area contributed by atoms with Crippen molar-refractivity contribution >= 4 is 34.9 Å². The lowest BCUT2D eigenvalue weighted by molar-refractivity contribution is 0.250. The number of carbonyl (C=O) groups excluding carboxylic acids is 1. The van der Waals surface area contributed by atoms with Crippen LogP contribution in [0.1, 0.15) is 17.3 Å². The first kappa shape index (κ1) is 14.7. The second-order valence-electron chi connectivity index (χ2n) is 4.18. The lowest BCUT2D eigenvalue weighted by Gasteiger charge is -2.08. The van der Waals surface area contributed by atoms with Gasteiger partial charge in [-0.3, -0.25) is 0 Å². The zero-order valence-electron chi connectivity index (χ0n) is 11.0. The van der Waals surface area contributed by atoms with Crippen molar-refractivity contribution in [2.24, 2.45) is 0 Å². The van der Waals surface area contributed by atoms with Gasteiger partial charge in [-0.25, -0.2) is 9.78 Å². The van der Waals surface area contributed by atoms with E-state index in [0.29, 0.717) is 21.6 Å². The first-order valence-corrected chi connectivity index (χ1v) is 6.64. The fraction of sp³-hybridized carbons (Fsp3) is 0.231. The van der Waals surface area contributed by atoms with Gasteiger partial charge >= 0.3 is 6.03 Å². The molecule has 106 valence electrons. The minimum atomic E-state index is -0.414. The van der Waals surface area contributed by atoms with Crippen LogP contribution in [0.15, 0.2) is 22.6 Å². The number of hydrogen-bond acceptors (Lipinski definition) is 3. The molecule has 0 atom stereocenters. The van der Waals surface area contributed by atoms with E-state index in [-0.39, 0.29) is 6.54 Å². The topological polar surface area (TPSA) is 67.2 Å². The Bertz CT molecular complexity index is 621. The number of nitrogens with one attached hydrogen (secondary N) is 2. The van der Waals surface area contributed by atoms with Gasteiger partial charge in [0.25, 0.3) is 0 Å². The Kier molecular flexibility index (Phi) is 4.52. The average molecular weight is 314 g/mol. The van der Waals surface area contributed by atoms with E-state index < -0.39 is 6.03 Å². The van der Waals surface area contributed by atoms with Gasteiger partial charge in [0.05, 0.1) is 22.9 Å². The molecule has 0 spiro atoms. The van der Waals surface area contributed by atoms with Crippen LogP contribution in [0.25, 0.3) is 0 Å². The molecule has 0 saturated carbocycles. The Morgan fingerprint density at radius 2 is 2.10 bits per heavy atom. The van der Waals surface area contributed by atoms with Gasteiger partial charge in [0, 0.05) is 5.02 Å². The largest absolute Gasteiger partial charge is 0.444 e. The first-order chi connectivity index (χ1) is 9.45. The molecule has 0 radical (unpaired) electrons. The third kappa shape index (κ3) is 3.65. The molecule has 2 aromatic rings. The van der Waals surface area contributed by atoms with Crippen molar-refractivity contribution in [3.8, 4) is 0 Å². The molecule has 5 nitrogen and oxygen atoms in total. The van der Waals surface area contributed by atoms with E-state index in [0.717, 1.165) is 11.5 Å². The summed E-state index contributed by atoms with van der Waals surface area (Å²) < 4.78 is 5.36. The molecule has 0 aliphatic heterocycles. The minimum absolute atomic E-state index is 0.193. The Hall–Kier alpha value is -1.72. The highest BCUT2D eigenvalue weighted by molar-refractivity contribution is 6.35. The third-order valence-electron chi connectivity index (χ3n) is 2.65. The molecule has 2 rings (SSSR count). The molecule has 7 heteroatoms. The number of urea groups is 1. The minimum Gasteiger partial charge on any atom is -0.444 e. The summed E-state index contributed by atoms with van der Waals surface area (Å²) in [5.41, 5.74) is 1.25. The zero-order valence-corrected chi connectivity index (χ0v) is 12.5. The van der Waals surface area contributed by atoms with E-state index >= 15 is 0 Å². The van der Waals surface area contributed by atoms with Gasteiger partial charge in [0.15, 0.2) is 0 Å². The normalized spacial score (nSPS) is 10.4. The summed E-state index contributed by atoms with van der Waals surface area (Å²) in [4.78, 5) is 15.9. The Morgan fingerprint density at radius 1 is 1.35 bits per heavy atom. The van der Waals surface area contributed by atoms with Gasteiger partial charge in [0.1, 0.15) is 5.76 Å². The van der Waals surface area contributed by atoms with Crippen LogP contribution in [-0.4, -0.2) is 11.0 Å². The second-order valence-corrected chi connectivity index (χ2v) is 5.02. The van der Waals surface area contributed by atoms with E-state index in [4.69, 9.17) is 27.6 Å². The van der Waals surface area contributed by atoms with Gasteiger partial charge < -0.3 is 15.1 Å². The smallest absolute Gasteiger partial charge is 0.319 e. The number of amides is 2. The number of anilines is 1. The summed E-state index contributed by atoms with van der Waals surface area (Å²) in [5, 5.41) is 6.13. The monoisotopic (exact) mass is 313 g/mol. The van der Waals surface area contributed by atoms with Crippen molar-refractivity contribution in [2.45, 2.75) is 20.4 Å². The van der Waals surface area contributed by atoms with Crippen LogP contribution >= 0.6 is 23.2 Å². The predicted molar refractivity (Wildman–Crippen MR) is 78.3 cm³/mol. The quantitative estimate of drug-likeness (QED) is 0.902. The van der Waals surface area contributed by atoms with E-state index in [2.05, 4.69) is 15.6 Å². The molecule has 2 N–H and O–H groups in total. The van der Waals surface area contributed by atoms with Crippen LogP contribution in [0, 0.1) is 13.8 Å². The maximum atomic E-state index is 11.7. The molecule has 0 unspecified atom stereocenters. The molecule has 20 heavy (non-hydrogen) atoms. The molecular formula is C13H13Cl2N3O2. The predicted octanol–water partition coefficient (Wildman–Crippen LogP) is 3.92. The van der Waals surface area contributed by atoms with Crippen LogP contribution in [0.3, 0.4) is 0 Å². The average Bonchev–Trinajstić information content (AvgIpc) is 2.71. The number of aryl methyl sites for hydroxylation is 2. The summed E-state index contributed by atoms with van der Waals surface area (Å²) in [6, 6.07) is 4.41. The molecule has 2 amide bonds. The Morgan fingerprint density at radius 3 is 2.75 bits per heavy atom. The maximum absolute atomic E-state index is 11.7. The second kappa shape index (κ2) is 6.15. The summed E-state index contributed by atoms with van der Waals surface area (Å²) in [5.74, 6) is 1.19. The molecule has 0 fully saturated rings. The number of hydrogen-bond donors (Lipinski definition) is 2. The molecule has 1 aromatic heterocycles. The van der Waals surface area contributed by atoms with Crippen molar-refractivity contribution in [2.75, 3.05) is 5.32 Å². The maximum Gasteiger partial charge on any atom is 0.319 e. The number of nitrogens with zero attached hydrogens (tertiary/aromatic N) is 1. The summed E-state index contributed by atoms with van der Waals surface area (Å²) in [6.45, 7) is 3.85. The third-order valence-corrected chi connectivity index (χ3v) is 3.21. The summed E-state index contributed by atoms with van der Waals surface area (Å²) in [6.07, 6.45) is 0. The van der Waals surface area contributed by atoms with Crippen molar-refractivity contribution < 1.29 is 9.21 Å². The van der Waals surface area contributed by atoms with Gasteiger partial charge in [-0.2, -0.15) is 0 Å².